The van der Waals surface area contributed by atoms with E-state index in [1.54, 1.807) is 6.33 Å². The lowest BCUT2D eigenvalue weighted by atomic mass is 9.91. The third kappa shape index (κ3) is 3.34. The Bertz CT molecular complexity index is 412. The standard InChI is InChI=1S/C14H27N5/c1-6-11(2)12-7-16-14(3,4)9-19(12)8-13-15-10-17-18(13)5/h10-12,16H,6-9H2,1-5H3. The van der Waals surface area contributed by atoms with Crippen LogP contribution in [0.15, 0.2) is 6.33 Å². The fraction of sp³-hybridized carbons (Fsp3) is 0.857. The summed E-state index contributed by atoms with van der Waals surface area (Å²) in [5, 5.41) is 7.84. The first-order chi connectivity index (χ1) is 8.93. The van der Waals surface area contributed by atoms with Crippen molar-refractivity contribution < 1.29 is 0 Å². The minimum absolute atomic E-state index is 0.169. The summed E-state index contributed by atoms with van der Waals surface area (Å²) < 4.78 is 1.88. The van der Waals surface area contributed by atoms with E-state index in [1.807, 2.05) is 11.7 Å². The van der Waals surface area contributed by atoms with Gasteiger partial charge in [-0.15, -0.1) is 0 Å². The van der Waals surface area contributed by atoms with Crippen LogP contribution in [0.1, 0.15) is 39.9 Å². The molecule has 1 N–H and O–H groups in total. The van der Waals surface area contributed by atoms with Gasteiger partial charge in [0.2, 0.25) is 0 Å². The van der Waals surface area contributed by atoms with E-state index in [2.05, 4.69) is 48.0 Å². The summed E-state index contributed by atoms with van der Waals surface area (Å²) in [4.78, 5) is 6.93. The van der Waals surface area contributed by atoms with E-state index in [0.717, 1.165) is 25.5 Å². The number of aromatic nitrogens is 3. The van der Waals surface area contributed by atoms with Gasteiger partial charge in [-0.1, -0.05) is 20.3 Å². The van der Waals surface area contributed by atoms with Crippen molar-refractivity contribution in [2.75, 3.05) is 13.1 Å². The molecule has 1 aliphatic heterocycles. The van der Waals surface area contributed by atoms with Gasteiger partial charge >= 0.3 is 0 Å². The molecule has 0 aromatic carbocycles. The average Bonchev–Trinajstić information content (AvgIpc) is 2.73. The van der Waals surface area contributed by atoms with Gasteiger partial charge in [-0.2, -0.15) is 5.10 Å². The number of hydrogen-bond donors (Lipinski definition) is 1. The Kier molecular flexibility index (Phi) is 4.26. The fourth-order valence-corrected chi connectivity index (χ4v) is 2.84. The second kappa shape index (κ2) is 5.59. The Balaban J connectivity index is 2.13. The molecule has 1 aliphatic rings. The quantitative estimate of drug-likeness (QED) is 0.894. The molecule has 19 heavy (non-hydrogen) atoms. The summed E-state index contributed by atoms with van der Waals surface area (Å²) in [5.74, 6) is 1.74. The number of nitrogens with zero attached hydrogens (tertiary/aromatic N) is 4. The summed E-state index contributed by atoms with van der Waals surface area (Å²) >= 11 is 0. The highest BCUT2D eigenvalue weighted by atomic mass is 15.3. The lowest BCUT2D eigenvalue weighted by Crippen LogP contribution is -2.62. The summed E-state index contributed by atoms with van der Waals surface area (Å²) in [6.45, 7) is 12.1. The third-order valence-electron chi connectivity index (χ3n) is 4.31. The van der Waals surface area contributed by atoms with Gasteiger partial charge in [0.25, 0.3) is 0 Å². The van der Waals surface area contributed by atoms with Crippen LogP contribution in [0.2, 0.25) is 0 Å². The van der Waals surface area contributed by atoms with Crippen LogP contribution in [0, 0.1) is 5.92 Å². The van der Waals surface area contributed by atoms with Crippen LogP contribution >= 0.6 is 0 Å². The molecule has 5 nitrogen and oxygen atoms in total. The summed E-state index contributed by atoms with van der Waals surface area (Å²) in [6, 6.07) is 0.578. The second-order valence-corrected chi connectivity index (χ2v) is 6.42. The van der Waals surface area contributed by atoms with Gasteiger partial charge in [0.1, 0.15) is 12.2 Å². The van der Waals surface area contributed by atoms with Crippen LogP contribution in [0.4, 0.5) is 0 Å². The lowest BCUT2D eigenvalue weighted by Gasteiger charge is -2.46. The molecule has 1 fully saturated rings. The van der Waals surface area contributed by atoms with Gasteiger partial charge in [-0.05, 0) is 19.8 Å². The minimum Gasteiger partial charge on any atom is -0.309 e. The van der Waals surface area contributed by atoms with Gasteiger partial charge in [0.05, 0.1) is 6.54 Å². The first-order valence-electron chi connectivity index (χ1n) is 7.25. The highest BCUT2D eigenvalue weighted by Gasteiger charge is 2.35. The molecule has 2 atom stereocenters. The lowest BCUT2D eigenvalue weighted by molar-refractivity contribution is 0.0541. The molecule has 0 bridgehead atoms. The molecule has 2 unspecified atom stereocenters. The Morgan fingerprint density at radius 1 is 1.53 bits per heavy atom. The zero-order valence-electron chi connectivity index (χ0n) is 12.8. The first-order valence-corrected chi connectivity index (χ1v) is 7.25. The largest absolute Gasteiger partial charge is 0.309 e. The maximum Gasteiger partial charge on any atom is 0.140 e. The average molecular weight is 265 g/mol. The zero-order chi connectivity index (χ0) is 14.0. The van der Waals surface area contributed by atoms with E-state index in [-0.39, 0.29) is 5.54 Å². The normalized spacial score (nSPS) is 25.4. The van der Waals surface area contributed by atoms with Gasteiger partial charge < -0.3 is 5.32 Å². The van der Waals surface area contributed by atoms with Crippen molar-refractivity contribution in [1.82, 2.24) is 25.0 Å². The molecule has 0 amide bonds. The van der Waals surface area contributed by atoms with Crippen molar-refractivity contribution in [2.45, 2.75) is 52.2 Å². The summed E-state index contributed by atoms with van der Waals surface area (Å²) in [5.41, 5.74) is 0.169. The smallest absolute Gasteiger partial charge is 0.140 e. The topological polar surface area (TPSA) is 46.0 Å². The molecular weight excluding hydrogens is 238 g/mol. The number of nitrogens with one attached hydrogen (secondary N) is 1. The SMILES string of the molecule is CCC(C)C1CNC(C)(C)CN1Cc1ncnn1C. The number of piperazine rings is 1. The fourth-order valence-electron chi connectivity index (χ4n) is 2.84. The highest BCUT2D eigenvalue weighted by Crippen LogP contribution is 2.23. The predicted molar refractivity (Wildman–Crippen MR) is 76.7 cm³/mol. The van der Waals surface area contributed by atoms with Crippen molar-refractivity contribution in [2.24, 2.45) is 13.0 Å². The van der Waals surface area contributed by atoms with Crippen LogP contribution in [0.3, 0.4) is 0 Å². The molecule has 0 saturated carbocycles. The summed E-state index contributed by atoms with van der Waals surface area (Å²) in [7, 11) is 1.97. The number of rotatable bonds is 4. The Morgan fingerprint density at radius 2 is 2.26 bits per heavy atom. The van der Waals surface area contributed by atoms with E-state index in [0.29, 0.717) is 12.0 Å². The Hall–Kier alpha value is -0.940. The van der Waals surface area contributed by atoms with E-state index in [1.165, 1.54) is 6.42 Å². The maximum absolute atomic E-state index is 4.37. The minimum atomic E-state index is 0.169. The molecule has 0 spiro atoms. The second-order valence-electron chi connectivity index (χ2n) is 6.42. The number of hydrogen-bond acceptors (Lipinski definition) is 4. The van der Waals surface area contributed by atoms with Gasteiger partial charge in [-0.3, -0.25) is 9.58 Å². The maximum atomic E-state index is 4.37. The molecule has 2 heterocycles. The van der Waals surface area contributed by atoms with Gasteiger partial charge in [0, 0.05) is 31.7 Å². The Labute approximate surface area is 116 Å². The third-order valence-corrected chi connectivity index (χ3v) is 4.31. The predicted octanol–water partition coefficient (Wildman–Crippen LogP) is 1.41. The van der Waals surface area contributed by atoms with Crippen molar-refractivity contribution in [3.8, 4) is 0 Å². The first kappa shape index (κ1) is 14.5. The zero-order valence-corrected chi connectivity index (χ0v) is 12.8. The van der Waals surface area contributed by atoms with Crippen LogP contribution in [0.5, 0.6) is 0 Å². The molecule has 1 aromatic heterocycles. The Morgan fingerprint density at radius 3 is 2.84 bits per heavy atom. The molecule has 5 heteroatoms. The molecule has 108 valence electrons. The van der Waals surface area contributed by atoms with Gasteiger partial charge in [-0.25, -0.2) is 4.98 Å². The van der Waals surface area contributed by atoms with Crippen molar-refractivity contribution in [3.63, 3.8) is 0 Å². The van der Waals surface area contributed by atoms with E-state index < -0.39 is 0 Å². The number of aryl methyl sites for hydroxylation is 1. The van der Waals surface area contributed by atoms with Crippen LogP contribution in [0.25, 0.3) is 0 Å². The van der Waals surface area contributed by atoms with E-state index in [4.69, 9.17) is 0 Å². The molecule has 1 aromatic rings. The van der Waals surface area contributed by atoms with Crippen molar-refractivity contribution >= 4 is 0 Å². The van der Waals surface area contributed by atoms with Crippen molar-refractivity contribution in [3.05, 3.63) is 12.2 Å². The van der Waals surface area contributed by atoms with E-state index in [9.17, 15) is 0 Å². The van der Waals surface area contributed by atoms with Crippen LogP contribution in [-0.2, 0) is 13.6 Å². The molecule has 2 rings (SSSR count). The molecule has 0 aliphatic carbocycles. The van der Waals surface area contributed by atoms with Gasteiger partial charge in [0.15, 0.2) is 0 Å². The highest BCUT2D eigenvalue weighted by molar-refractivity contribution is 4.96. The molecule has 1 saturated heterocycles. The molecule has 0 radical (unpaired) electrons. The molecular formula is C14H27N5. The monoisotopic (exact) mass is 265 g/mol. The van der Waals surface area contributed by atoms with Crippen LogP contribution < -0.4 is 5.32 Å². The van der Waals surface area contributed by atoms with Crippen molar-refractivity contribution in [1.29, 1.82) is 0 Å². The van der Waals surface area contributed by atoms with E-state index >= 15 is 0 Å². The van der Waals surface area contributed by atoms with Crippen LogP contribution in [-0.4, -0.2) is 44.3 Å². The summed E-state index contributed by atoms with van der Waals surface area (Å²) in [6.07, 6.45) is 2.85.